The first-order valence-corrected chi connectivity index (χ1v) is 11.9. The van der Waals surface area contributed by atoms with Gasteiger partial charge in [0.1, 0.15) is 19.0 Å². The number of carbonyl (C=O) groups excluding carboxylic acids is 1. The molecule has 0 aliphatic carbocycles. The van der Waals surface area contributed by atoms with Crippen LogP contribution in [0, 0.1) is 5.82 Å². The van der Waals surface area contributed by atoms with Crippen LogP contribution in [0.4, 0.5) is 4.39 Å². The quantitative estimate of drug-likeness (QED) is 0.282. The molecule has 3 aromatic carbocycles. The van der Waals surface area contributed by atoms with Crippen LogP contribution >= 0.6 is 0 Å². The summed E-state index contributed by atoms with van der Waals surface area (Å²) >= 11 is 0. The maximum absolute atomic E-state index is 13.3. The van der Waals surface area contributed by atoms with Crippen LogP contribution < -0.4 is 14.8 Å². The Kier molecular flexibility index (Phi) is 8.29. The van der Waals surface area contributed by atoms with E-state index < -0.39 is 5.91 Å². The lowest BCUT2D eigenvalue weighted by atomic mass is 10.1. The van der Waals surface area contributed by atoms with E-state index in [9.17, 15) is 9.18 Å². The molecule has 1 aromatic heterocycles. The standard InChI is InChI=1S/C30H29FN2O3/c1-21(2)26-17-27(35-19-23-9-5-3-6-10-23)29(36-20-24-11-7-4-8-12-24)28(33-26)30(34)32-18-22-13-15-25(31)16-14-22/h3-17,21H,18-20H2,1-2H3,(H,32,34). The number of halogens is 1. The summed E-state index contributed by atoms with van der Waals surface area (Å²) in [6, 6.07) is 27.3. The fourth-order valence-corrected chi connectivity index (χ4v) is 3.56. The third kappa shape index (κ3) is 6.69. The lowest BCUT2D eigenvalue weighted by molar-refractivity contribution is 0.0939. The highest BCUT2D eigenvalue weighted by molar-refractivity contribution is 5.95. The summed E-state index contributed by atoms with van der Waals surface area (Å²) in [6.07, 6.45) is 0. The Balaban J connectivity index is 1.65. The molecule has 0 saturated carbocycles. The van der Waals surface area contributed by atoms with Gasteiger partial charge < -0.3 is 14.8 Å². The lowest BCUT2D eigenvalue weighted by Gasteiger charge is -2.19. The molecule has 1 amide bonds. The second kappa shape index (κ2) is 12.0. The zero-order valence-corrected chi connectivity index (χ0v) is 20.4. The van der Waals surface area contributed by atoms with Crippen LogP contribution in [0.15, 0.2) is 91.0 Å². The summed E-state index contributed by atoms with van der Waals surface area (Å²) in [5.74, 6) is 0.0923. The maximum atomic E-state index is 13.3. The first-order chi connectivity index (χ1) is 17.5. The van der Waals surface area contributed by atoms with Gasteiger partial charge in [0.25, 0.3) is 5.91 Å². The summed E-state index contributed by atoms with van der Waals surface area (Å²) < 4.78 is 25.6. The molecule has 0 bridgehead atoms. The van der Waals surface area contributed by atoms with Crippen LogP contribution in [-0.2, 0) is 19.8 Å². The third-order valence-electron chi connectivity index (χ3n) is 5.59. The summed E-state index contributed by atoms with van der Waals surface area (Å²) in [5, 5.41) is 2.88. The SMILES string of the molecule is CC(C)c1cc(OCc2ccccc2)c(OCc2ccccc2)c(C(=O)NCc2ccc(F)cc2)n1. The number of aromatic nitrogens is 1. The molecule has 1 N–H and O–H groups in total. The van der Waals surface area contributed by atoms with Crippen molar-refractivity contribution in [2.24, 2.45) is 0 Å². The number of carbonyl (C=O) groups is 1. The highest BCUT2D eigenvalue weighted by atomic mass is 19.1. The van der Waals surface area contributed by atoms with E-state index >= 15 is 0 Å². The van der Waals surface area contributed by atoms with Crippen LogP contribution in [0.25, 0.3) is 0 Å². The summed E-state index contributed by atoms with van der Waals surface area (Å²) in [4.78, 5) is 18.0. The first kappa shape index (κ1) is 24.9. The first-order valence-electron chi connectivity index (χ1n) is 11.9. The van der Waals surface area contributed by atoms with E-state index in [1.165, 1.54) is 12.1 Å². The zero-order chi connectivity index (χ0) is 25.3. The topological polar surface area (TPSA) is 60.5 Å². The van der Waals surface area contributed by atoms with Crippen molar-refractivity contribution < 1.29 is 18.7 Å². The number of benzene rings is 3. The molecule has 5 nitrogen and oxygen atoms in total. The Labute approximate surface area is 210 Å². The molecule has 4 rings (SSSR count). The molecule has 0 spiro atoms. The number of amides is 1. The monoisotopic (exact) mass is 484 g/mol. The molecule has 4 aromatic rings. The molecule has 0 aliphatic heterocycles. The molecule has 0 saturated heterocycles. The lowest BCUT2D eigenvalue weighted by Crippen LogP contribution is -2.25. The molecular weight excluding hydrogens is 455 g/mol. The second-order valence-corrected chi connectivity index (χ2v) is 8.74. The Morgan fingerprint density at radius 1 is 0.833 bits per heavy atom. The molecule has 184 valence electrons. The average Bonchev–Trinajstić information content (AvgIpc) is 2.91. The summed E-state index contributed by atoms with van der Waals surface area (Å²) in [7, 11) is 0. The van der Waals surface area contributed by atoms with Crippen molar-refractivity contribution >= 4 is 5.91 Å². The van der Waals surface area contributed by atoms with Crippen molar-refractivity contribution in [1.82, 2.24) is 10.3 Å². The van der Waals surface area contributed by atoms with E-state index in [1.807, 2.05) is 80.6 Å². The van der Waals surface area contributed by atoms with Gasteiger partial charge in [-0.3, -0.25) is 4.79 Å². The molecule has 0 atom stereocenters. The van der Waals surface area contributed by atoms with Crippen LogP contribution in [0.3, 0.4) is 0 Å². The van der Waals surface area contributed by atoms with Gasteiger partial charge in [-0.2, -0.15) is 0 Å². The van der Waals surface area contributed by atoms with E-state index in [2.05, 4.69) is 10.3 Å². The summed E-state index contributed by atoms with van der Waals surface area (Å²) in [5.41, 5.74) is 3.60. The highest BCUT2D eigenvalue weighted by Gasteiger charge is 2.23. The van der Waals surface area contributed by atoms with Crippen LogP contribution in [-0.4, -0.2) is 10.9 Å². The number of nitrogens with one attached hydrogen (secondary N) is 1. The molecule has 1 heterocycles. The van der Waals surface area contributed by atoms with Gasteiger partial charge in [-0.15, -0.1) is 0 Å². The van der Waals surface area contributed by atoms with Crippen LogP contribution in [0.5, 0.6) is 11.5 Å². The van der Waals surface area contributed by atoms with Gasteiger partial charge in [-0.25, -0.2) is 9.37 Å². The van der Waals surface area contributed by atoms with E-state index in [4.69, 9.17) is 9.47 Å². The third-order valence-corrected chi connectivity index (χ3v) is 5.59. The number of ether oxygens (including phenoxy) is 2. The Morgan fingerprint density at radius 2 is 1.42 bits per heavy atom. The normalized spacial score (nSPS) is 10.8. The van der Waals surface area contributed by atoms with Gasteiger partial charge in [0.15, 0.2) is 17.2 Å². The number of rotatable bonds is 10. The van der Waals surface area contributed by atoms with E-state index in [1.54, 1.807) is 12.1 Å². The van der Waals surface area contributed by atoms with Gasteiger partial charge in [-0.1, -0.05) is 86.6 Å². The Bertz CT molecular complexity index is 1280. The average molecular weight is 485 g/mol. The van der Waals surface area contributed by atoms with Gasteiger partial charge in [0, 0.05) is 18.3 Å². The van der Waals surface area contributed by atoms with Crippen molar-refractivity contribution in [3.63, 3.8) is 0 Å². The predicted octanol–water partition coefficient (Wildman–Crippen LogP) is 6.43. The number of hydrogen-bond acceptors (Lipinski definition) is 4. The van der Waals surface area contributed by atoms with E-state index in [0.29, 0.717) is 12.4 Å². The van der Waals surface area contributed by atoms with Gasteiger partial charge in [0.2, 0.25) is 0 Å². The van der Waals surface area contributed by atoms with Crippen molar-refractivity contribution in [2.75, 3.05) is 0 Å². The van der Waals surface area contributed by atoms with Gasteiger partial charge in [0.05, 0.1) is 0 Å². The van der Waals surface area contributed by atoms with Crippen LogP contribution in [0.1, 0.15) is 52.6 Å². The van der Waals surface area contributed by atoms with E-state index in [0.717, 1.165) is 22.4 Å². The highest BCUT2D eigenvalue weighted by Crippen LogP contribution is 2.34. The van der Waals surface area contributed by atoms with Gasteiger partial charge >= 0.3 is 0 Å². The number of nitrogens with zero attached hydrogens (tertiary/aromatic N) is 1. The molecule has 36 heavy (non-hydrogen) atoms. The fraction of sp³-hybridized carbons (Fsp3) is 0.200. The maximum Gasteiger partial charge on any atom is 0.274 e. The Morgan fingerprint density at radius 3 is 2.00 bits per heavy atom. The predicted molar refractivity (Wildman–Crippen MR) is 137 cm³/mol. The van der Waals surface area contributed by atoms with Crippen LogP contribution in [0.2, 0.25) is 0 Å². The number of pyridine rings is 1. The minimum atomic E-state index is -0.394. The minimum Gasteiger partial charge on any atom is -0.485 e. The number of hydrogen-bond donors (Lipinski definition) is 1. The molecule has 0 radical (unpaired) electrons. The second-order valence-electron chi connectivity index (χ2n) is 8.74. The van der Waals surface area contributed by atoms with Crippen molar-refractivity contribution in [3.05, 3.63) is 125 Å². The Hall–Kier alpha value is -4.19. The zero-order valence-electron chi connectivity index (χ0n) is 20.4. The molecule has 0 aliphatic rings. The molecular formula is C30H29FN2O3. The largest absolute Gasteiger partial charge is 0.485 e. The van der Waals surface area contributed by atoms with E-state index in [-0.39, 0.29) is 36.3 Å². The molecule has 0 unspecified atom stereocenters. The van der Waals surface area contributed by atoms with Crippen molar-refractivity contribution in [3.8, 4) is 11.5 Å². The minimum absolute atomic E-state index is 0.0656. The molecule has 6 heteroatoms. The summed E-state index contributed by atoms with van der Waals surface area (Å²) in [6.45, 7) is 4.82. The molecule has 0 fully saturated rings. The smallest absolute Gasteiger partial charge is 0.274 e. The van der Waals surface area contributed by atoms with Crippen molar-refractivity contribution in [1.29, 1.82) is 0 Å². The van der Waals surface area contributed by atoms with Crippen molar-refractivity contribution in [2.45, 2.75) is 39.5 Å². The van der Waals surface area contributed by atoms with Gasteiger partial charge in [-0.05, 0) is 34.7 Å². The fourth-order valence-electron chi connectivity index (χ4n) is 3.56.